The van der Waals surface area contributed by atoms with Gasteiger partial charge in [-0.25, -0.2) is 4.79 Å². The normalized spacial score (nSPS) is 9.80. The van der Waals surface area contributed by atoms with E-state index >= 15 is 0 Å². The highest BCUT2D eigenvalue weighted by Gasteiger charge is 2.18. The maximum atomic E-state index is 11.6. The topological polar surface area (TPSA) is 70.1 Å². The van der Waals surface area contributed by atoms with Crippen LogP contribution in [0.2, 0.25) is 0 Å². The molecule has 0 fully saturated rings. The lowest BCUT2D eigenvalue weighted by Gasteiger charge is -2.25. The molecule has 0 aromatic rings. The molecule has 0 atom stereocenters. The third kappa shape index (κ3) is 5.21. The summed E-state index contributed by atoms with van der Waals surface area (Å²) in [6, 6.07) is -0.294. The van der Waals surface area contributed by atoms with Gasteiger partial charge in [-0.15, -0.1) is 0 Å². The zero-order valence-electron chi connectivity index (χ0n) is 9.39. The Hall–Kier alpha value is -1.30. The third-order valence-corrected chi connectivity index (χ3v) is 1.96. The van der Waals surface area contributed by atoms with Gasteiger partial charge in [0.15, 0.2) is 0 Å². The van der Waals surface area contributed by atoms with E-state index in [-0.39, 0.29) is 19.1 Å². The van der Waals surface area contributed by atoms with Crippen molar-refractivity contribution in [1.82, 2.24) is 9.80 Å². The fourth-order valence-corrected chi connectivity index (χ4v) is 0.984. The van der Waals surface area contributed by atoms with Gasteiger partial charge >= 0.3 is 12.0 Å². The predicted molar refractivity (Wildman–Crippen MR) is 54.8 cm³/mol. The monoisotopic (exact) mass is 218 g/mol. The van der Waals surface area contributed by atoms with Gasteiger partial charge in [0, 0.05) is 27.2 Å². The lowest BCUT2D eigenvalue weighted by atomic mass is 10.4. The number of carbonyl (C=O) groups is 2. The molecule has 0 bridgehead atoms. The number of methoxy groups -OCH3 is 1. The second kappa shape index (κ2) is 7.05. The van der Waals surface area contributed by atoms with Crippen LogP contribution in [0.3, 0.4) is 0 Å². The Bertz CT molecular complexity index is 220. The van der Waals surface area contributed by atoms with E-state index in [4.69, 9.17) is 9.84 Å². The number of hydrogen-bond donors (Lipinski definition) is 1. The average Bonchev–Trinajstić information content (AvgIpc) is 2.21. The van der Waals surface area contributed by atoms with Crippen molar-refractivity contribution in [3.8, 4) is 0 Å². The van der Waals surface area contributed by atoms with E-state index in [2.05, 4.69) is 0 Å². The van der Waals surface area contributed by atoms with E-state index in [1.165, 1.54) is 16.9 Å². The van der Waals surface area contributed by atoms with Crippen LogP contribution in [-0.4, -0.2) is 67.3 Å². The van der Waals surface area contributed by atoms with Gasteiger partial charge in [-0.3, -0.25) is 4.79 Å². The van der Waals surface area contributed by atoms with E-state index in [0.717, 1.165) is 0 Å². The number of ether oxygens (including phenoxy) is 1. The highest BCUT2D eigenvalue weighted by Crippen LogP contribution is 1.96. The molecule has 2 amide bonds. The van der Waals surface area contributed by atoms with Crippen LogP contribution in [0.25, 0.3) is 0 Å². The van der Waals surface area contributed by atoms with Crippen molar-refractivity contribution in [3.63, 3.8) is 0 Å². The van der Waals surface area contributed by atoms with Crippen molar-refractivity contribution in [2.75, 3.05) is 40.4 Å². The summed E-state index contributed by atoms with van der Waals surface area (Å²) >= 11 is 0. The van der Waals surface area contributed by atoms with Crippen molar-refractivity contribution < 1.29 is 19.4 Å². The minimum atomic E-state index is -1.02. The minimum Gasteiger partial charge on any atom is -0.480 e. The van der Waals surface area contributed by atoms with Gasteiger partial charge in [0.25, 0.3) is 0 Å². The fourth-order valence-electron chi connectivity index (χ4n) is 0.984. The molecule has 0 aliphatic carbocycles. The van der Waals surface area contributed by atoms with Crippen LogP contribution in [-0.2, 0) is 9.53 Å². The number of amides is 2. The maximum Gasteiger partial charge on any atom is 0.323 e. The van der Waals surface area contributed by atoms with Crippen molar-refractivity contribution in [2.24, 2.45) is 0 Å². The van der Waals surface area contributed by atoms with E-state index in [1.807, 2.05) is 6.92 Å². The average molecular weight is 218 g/mol. The molecular weight excluding hydrogens is 200 g/mol. The van der Waals surface area contributed by atoms with Gasteiger partial charge in [0.1, 0.15) is 6.54 Å². The minimum absolute atomic E-state index is 0.284. The largest absolute Gasteiger partial charge is 0.480 e. The first-order chi connectivity index (χ1) is 7.02. The molecular formula is C9H18N2O4. The molecule has 6 nitrogen and oxygen atoms in total. The molecule has 6 heteroatoms. The zero-order chi connectivity index (χ0) is 11.8. The number of hydrogen-bond acceptors (Lipinski definition) is 3. The second-order valence-electron chi connectivity index (χ2n) is 3.10. The molecule has 0 saturated heterocycles. The summed E-state index contributed by atoms with van der Waals surface area (Å²) < 4.78 is 4.81. The highest BCUT2D eigenvalue weighted by atomic mass is 16.5. The molecule has 0 rings (SSSR count). The summed E-state index contributed by atoms with van der Waals surface area (Å²) in [6.07, 6.45) is 0. The molecule has 0 aliphatic heterocycles. The van der Waals surface area contributed by atoms with E-state index in [0.29, 0.717) is 13.2 Å². The maximum absolute atomic E-state index is 11.6. The molecule has 0 spiro atoms. The molecule has 0 radical (unpaired) electrons. The highest BCUT2D eigenvalue weighted by molar-refractivity contribution is 5.79. The lowest BCUT2D eigenvalue weighted by Crippen LogP contribution is -2.45. The quantitative estimate of drug-likeness (QED) is 0.686. The summed E-state index contributed by atoms with van der Waals surface area (Å²) in [5.41, 5.74) is 0. The smallest absolute Gasteiger partial charge is 0.323 e. The number of carbonyl (C=O) groups excluding carboxylic acids is 1. The van der Waals surface area contributed by atoms with E-state index in [1.54, 1.807) is 7.05 Å². The molecule has 0 unspecified atom stereocenters. The Morgan fingerprint density at radius 2 is 2.00 bits per heavy atom. The number of carboxylic acid groups (broad SMARTS) is 1. The fraction of sp³-hybridized carbons (Fsp3) is 0.778. The van der Waals surface area contributed by atoms with Gasteiger partial charge in [-0.1, -0.05) is 0 Å². The van der Waals surface area contributed by atoms with Crippen LogP contribution in [0.1, 0.15) is 6.92 Å². The lowest BCUT2D eigenvalue weighted by molar-refractivity contribution is -0.137. The number of aliphatic carboxylic acids is 1. The number of carboxylic acids is 1. The first-order valence-corrected chi connectivity index (χ1v) is 4.73. The Balaban J connectivity index is 4.32. The van der Waals surface area contributed by atoms with Gasteiger partial charge in [0.05, 0.1) is 6.61 Å². The van der Waals surface area contributed by atoms with Gasteiger partial charge in [0.2, 0.25) is 0 Å². The van der Waals surface area contributed by atoms with E-state index in [9.17, 15) is 9.59 Å². The van der Waals surface area contributed by atoms with Crippen LogP contribution >= 0.6 is 0 Å². The molecule has 0 heterocycles. The zero-order valence-corrected chi connectivity index (χ0v) is 9.39. The SMILES string of the molecule is CCN(C)C(=O)N(CCOC)CC(=O)O. The predicted octanol–water partition coefficient (Wildman–Crippen LogP) is 0.0911. The van der Waals surface area contributed by atoms with Crippen LogP contribution < -0.4 is 0 Å². The Morgan fingerprint density at radius 3 is 2.40 bits per heavy atom. The van der Waals surface area contributed by atoms with Gasteiger partial charge in [-0.05, 0) is 6.92 Å². The van der Waals surface area contributed by atoms with Crippen molar-refractivity contribution in [2.45, 2.75) is 6.92 Å². The first kappa shape index (κ1) is 13.7. The number of urea groups is 1. The summed E-state index contributed by atoms with van der Waals surface area (Å²) in [6.45, 7) is 2.68. The molecule has 1 N–H and O–H groups in total. The van der Waals surface area contributed by atoms with Crippen molar-refractivity contribution in [3.05, 3.63) is 0 Å². The second-order valence-corrected chi connectivity index (χ2v) is 3.10. The summed E-state index contributed by atoms with van der Waals surface area (Å²) in [4.78, 5) is 24.9. The van der Waals surface area contributed by atoms with Crippen molar-refractivity contribution in [1.29, 1.82) is 0 Å². The standard InChI is InChI=1S/C9H18N2O4/c1-4-10(2)9(14)11(5-6-15-3)7-8(12)13/h4-7H2,1-3H3,(H,12,13). The molecule has 88 valence electrons. The Labute approximate surface area is 89.4 Å². The molecule has 0 aromatic carbocycles. The third-order valence-electron chi connectivity index (χ3n) is 1.96. The Kier molecular flexibility index (Phi) is 6.44. The van der Waals surface area contributed by atoms with Crippen LogP contribution in [0, 0.1) is 0 Å². The summed E-state index contributed by atoms with van der Waals surface area (Å²) in [7, 11) is 3.14. The van der Waals surface area contributed by atoms with Gasteiger partial charge < -0.3 is 19.6 Å². The molecule has 0 aliphatic rings. The van der Waals surface area contributed by atoms with Crippen LogP contribution in [0.4, 0.5) is 4.79 Å². The summed E-state index contributed by atoms with van der Waals surface area (Å²) in [5.74, 6) is -1.02. The molecule has 15 heavy (non-hydrogen) atoms. The summed E-state index contributed by atoms with van der Waals surface area (Å²) in [5, 5.41) is 8.63. The van der Waals surface area contributed by atoms with Crippen LogP contribution in [0.15, 0.2) is 0 Å². The van der Waals surface area contributed by atoms with Crippen molar-refractivity contribution >= 4 is 12.0 Å². The van der Waals surface area contributed by atoms with Crippen LogP contribution in [0.5, 0.6) is 0 Å². The molecule has 0 saturated carbocycles. The Morgan fingerprint density at radius 1 is 1.40 bits per heavy atom. The van der Waals surface area contributed by atoms with Gasteiger partial charge in [-0.2, -0.15) is 0 Å². The number of rotatable bonds is 6. The molecule has 0 aromatic heterocycles. The van der Waals surface area contributed by atoms with E-state index < -0.39 is 5.97 Å². The first-order valence-electron chi connectivity index (χ1n) is 4.73. The number of nitrogens with zero attached hydrogens (tertiary/aromatic N) is 2.